The minimum atomic E-state index is 0.413. The molecule has 2 rings (SSSR count). The average molecular weight is 241 g/mol. The summed E-state index contributed by atoms with van der Waals surface area (Å²) in [6.45, 7) is 4.17. The summed E-state index contributed by atoms with van der Waals surface area (Å²) in [4.78, 5) is 0. The third-order valence-corrected chi connectivity index (χ3v) is 4.05. The molecule has 0 aromatic carbocycles. The number of likely N-dealkylation sites (N-methyl/N-ethyl adjacent to an activating group) is 1. The van der Waals surface area contributed by atoms with Gasteiger partial charge in [0.15, 0.2) is 0 Å². The molecule has 0 aromatic heterocycles. The molecule has 3 nitrogen and oxygen atoms in total. The first-order chi connectivity index (χ1) is 8.35. The summed E-state index contributed by atoms with van der Waals surface area (Å²) in [5, 5.41) is 3.60. The Labute approximate surface area is 105 Å². The summed E-state index contributed by atoms with van der Waals surface area (Å²) in [5.41, 5.74) is 0. The summed E-state index contributed by atoms with van der Waals surface area (Å²) in [6.07, 6.45) is 8.48. The van der Waals surface area contributed by atoms with Crippen LogP contribution in [0.5, 0.6) is 0 Å². The van der Waals surface area contributed by atoms with Crippen molar-refractivity contribution in [1.82, 2.24) is 5.32 Å². The average Bonchev–Trinajstić information content (AvgIpc) is 3.03. The second kappa shape index (κ2) is 6.72. The lowest BCUT2D eigenvalue weighted by Gasteiger charge is -2.27. The standard InChI is InChI=1S/C14H27NO2/c1-3-15-13(14(16-2)11-6-7-11)9-8-12-5-4-10-17-12/h11-15H,3-10H2,1-2H3. The molecule has 0 radical (unpaired) electrons. The largest absolute Gasteiger partial charge is 0.380 e. The van der Waals surface area contributed by atoms with Crippen molar-refractivity contribution in [3.05, 3.63) is 0 Å². The van der Waals surface area contributed by atoms with Crippen LogP contribution in [0.15, 0.2) is 0 Å². The Kier molecular flexibility index (Phi) is 5.26. The Hall–Kier alpha value is -0.120. The molecule has 3 unspecified atom stereocenters. The van der Waals surface area contributed by atoms with Crippen LogP contribution in [0.3, 0.4) is 0 Å². The predicted molar refractivity (Wildman–Crippen MR) is 69.2 cm³/mol. The summed E-state index contributed by atoms with van der Waals surface area (Å²) in [5.74, 6) is 0.800. The molecule has 1 saturated heterocycles. The van der Waals surface area contributed by atoms with Crippen LogP contribution in [-0.2, 0) is 9.47 Å². The van der Waals surface area contributed by atoms with Crippen LogP contribution in [0.2, 0.25) is 0 Å². The SMILES string of the molecule is CCNC(CCC1CCCO1)C(OC)C1CC1. The highest BCUT2D eigenvalue weighted by atomic mass is 16.5. The van der Waals surface area contributed by atoms with Gasteiger partial charge >= 0.3 is 0 Å². The Morgan fingerprint density at radius 3 is 2.71 bits per heavy atom. The molecule has 100 valence electrons. The minimum absolute atomic E-state index is 0.413. The van der Waals surface area contributed by atoms with Crippen molar-refractivity contribution in [2.75, 3.05) is 20.3 Å². The highest BCUT2D eigenvalue weighted by Crippen LogP contribution is 2.36. The highest BCUT2D eigenvalue weighted by molar-refractivity contribution is 4.90. The summed E-state index contributed by atoms with van der Waals surface area (Å²) in [7, 11) is 1.86. The van der Waals surface area contributed by atoms with E-state index in [4.69, 9.17) is 9.47 Å². The van der Waals surface area contributed by atoms with E-state index in [1.165, 1.54) is 38.5 Å². The van der Waals surface area contributed by atoms with Gasteiger partial charge < -0.3 is 14.8 Å². The fourth-order valence-corrected chi connectivity index (χ4v) is 2.99. The number of methoxy groups -OCH3 is 1. The van der Waals surface area contributed by atoms with Gasteiger partial charge in [0.2, 0.25) is 0 Å². The van der Waals surface area contributed by atoms with Gasteiger partial charge in [-0.1, -0.05) is 6.92 Å². The van der Waals surface area contributed by atoms with Crippen molar-refractivity contribution in [3.63, 3.8) is 0 Å². The van der Waals surface area contributed by atoms with E-state index in [1.807, 2.05) is 7.11 Å². The van der Waals surface area contributed by atoms with Crippen molar-refractivity contribution >= 4 is 0 Å². The second-order valence-electron chi connectivity index (χ2n) is 5.41. The fraction of sp³-hybridized carbons (Fsp3) is 1.00. The molecule has 0 bridgehead atoms. The van der Waals surface area contributed by atoms with Crippen LogP contribution in [-0.4, -0.2) is 38.5 Å². The third kappa shape index (κ3) is 3.94. The van der Waals surface area contributed by atoms with E-state index in [1.54, 1.807) is 0 Å². The lowest BCUT2D eigenvalue weighted by atomic mass is 9.98. The molecule has 1 N–H and O–H groups in total. The summed E-state index contributed by atoms with van der Waals surface area (Å²) >= 11 is 0. The maximum atomic E-state index is 5.70. The lowest BCUT2D eigenvalue weighted by Crippen LogP contribution is -2.42. The van der Waals surface area contributed by atoms with E-state index in [9.17, 15) is 0 Å². The number of rotatable bonds is 8. The predicted octanol–water partition coefficient (Wildman–Crippen LogP) is 2.35. The Balaban J connectivity index is 1.77. The van der Waals surface area contributed by atoms with Crippen molar-refractivity contribution in [2.45, 2.75) is 63.7 Å². The van der Waals surface area contributed by atoms with Gasteiger partial charge in [-0.15, -0.1) is 0 Å². The van der Waals surface area contributed by atoms with E-state index < -0.39 is 0 Å². The molecular weight excluding hydrogens is 214 g/mol. The molecule has 3 heteroatoms. The van der Waals surface area contributed by atoms with Crippen LogP contribution < -0.4 is 5.32 Å². The van der Waals surface area contributed by atoms with Gasteiger partial charge in [0.05, 0.1) is 12.2 Å². The molecule has 1 aliphatic heterocycles. The first kappa shape index (κ1) is 13.3. The van der Waals surface area contributed by atoms with E-state index in [2.05, 4.69) is 12.2 Å². The molecule has 0 amide bonds. The van der Waals surface area contributed by atoms with Crippen LogP contribution in [0.4, 0.5) is 0 Å². The Morgan fingerprint density at radius 2 is 2.18 bits per heavy atom. The first-order valence-corrected chi connectivity index (χ1v) is 7.23. The number of nitrogens with one attached hydrogen (secondary N) is 1. The Morgan fingerprint density at radius 1 is 1.35 bits per heavy atom. The van der Waals surface area contributed by atoms with E-state index in [0.717, 1.165) is 19.1 Å². The molecule has 1 aliphatic carbocycles. The summed E-state index contributed by atoms with van der Waals surface area (Å²) in [6, 6.07) is 0.515. The molecule has 2 aliphatic rings. The zero-order chi connectivity index (χ0) is 12.1. The van der Waals surface area contributed by atoms with E-state index >= 15 is 0 Å². The van der Waals surface area contributed by atoms with Crippen LogP contribution in [0.1, 0.15) is 45.4 Å². The molecule has 1 heterocycles. The zero-order valence-corrected chi connectivity index (χ0v) is 11.3. The van der Waals surface area contributed by atoms with Crippen molar-refractivity contribution < 1.29 is 9.47 Å². The van der Waals surface area contributed by atoms with Gasteiger partial charge in [-0.25, -0.2) is 0 Å². The van der Waals surface area contributed by atoms with Crippen LogP contribution >= 0.6 is 0 Å². The number of ether oxygens (including phenoxy) is 2. The fourth-order valence-electron chi connectivity index (χ4n) is 2.99. The maximum absolute atomic E-state index is 5.70. The second-order valence-corrected chi connectivity index (χ2v) is 5.41. The normalized spacial score (nSPS) is 28.2. The molecular formula is C14H27NO2. The van der Waals surface area contributed by atoms with Gasteiger partial charge in [0.1, 0.15) is 0 Å². The van der Waals surface area contributed by atoms with Crippen LogP contribution in [0.25, 0.3) is 0 Å². The quantitative estimate of drug-likeness (QED) is 0.707. The van der Waals surface area contributed by atoms with Crippen molar-refractivity contribution in [3.8, 4) is 0 Å². The maximum Gasteiger partial charge on any atom is 0.0752 e. The third-order valence-electron chi connectivity index (χ3n) is 4.05. The van der Waals surface area contributed by atoms with Crippen molar-refractivity contribution in [1.29, 1.82) is 0 Å². The van der Waals surface area contributed by atoms with E-state index in [0.29, 0.717) is 18.2 Å². The molecule has 0 spiro atoms. The summed E-state index contributed by atoms with van der Waals surface area (Å²) < 4.78 is 11.4. The van der Waals surface area contributed by atoms with Gasteiger partial charge in [-0.05, 0) is 51.0 Å². The van der Waals surface area contributed by atoms with Crippen molar-refractivity contribution in [2.24, 2.45) is 5.92 Å². The van der Waals surface area contributed by atoms with Gasteiger partial charge in [-0.3, -0.25) is 0 Å². The first-order valence-electron chi connectivity index (χ1n) is 7.23. The number of hydrogen-bond acceptors (Lipinski definition) is 3. The molecule has 3 atom stereocenters. The molecule has 17 heavy (non-hydrogen) atoms. The topological polar surface area (TPSA) is 30.5 Å². The van der Waals surface area contributed by atoms with Gasteiger partial charge in [0.25, 0.3) is 0 Å². The van der Waals surface area contributed by atoms with E-state index in [-0.39, 0.29) is 0 Å². The van der Waals surface area contributed by atoms with Gasteiger partial charge in [0, 0.05) is 19.8 Å². The Bertz CT molecular complexity index is 212. The highest BCUT2D eigenvalue weighted by Gasteiger charge is 2.36. The van der Waals surface area contributed by atoms with Crippen LogP contribution in [0, 0.1) is 5.92 Å². The monoisotopic (exact) mass is 241 g/mol. The number of hydrogen-bond donors (Lipinski definition) is 1. The zero-order valence-electron chi connectivity index (χ0n) is 11.3. The molecule has 0 aromatic rings. The smallest absolute Gasteiger partial charge is 0.0752 e. The molecule has 2 fully saturated rings. The molecule has 1 saturated carbocycles. The van der Waals surface area contributed by atoms with Gasteiger partial charge in [-0.2, -0.15) is 0 Å². The minimum Gasteiger partial charge on any atom is -0.380 e. The lowest BCUT2D eigenvalue weighted by molar-refractivity contribution is 0.0392.